The van der Waals surface area contributed by atoms with E-state index in [2.05, 4.69) is 13.8 Å². The summed E-state index contributed by atoms with van der Waals surface area (Å²) in [5.41, 5.74) is -0.325. The van der Waals surface area contributed by atoms with Crippen molar-refractivity contribution in [2.75, 3.05) is 13.7 Å². The third-order valence-corrected chi connectivity index (χ3v) is 7.44. The van der Waals surface area contributed by atoms with Gasteiger partial charge in [-0.1, -0.05) is 20.8 Å². The first kappa shape index (κ1) is 20.0. The molecule has 2 aliphatic rings. The molecule has 4 rings (SSSR count). The molecule has 2 atom stereocenters. The molecule has 1 aromatic heterocycles. The van der Waals surface area contributed by atoms with Crippen LogP contribution >= 0.6 is 0 Å². The highest BCUT2D eigenvalue weighted by atomic mass is 16.6. The average molecular weight is 400 g/mol. The first-order valence-corrected chi connectivity index (χ1v) is 10.1. The van der Waals surface area contributed by atoms with Gasteiger partial charge in [0.1, 0.15) is 22.7 Å². The largest absolute Gasteiger partial charge is 0.496 e. The van der Waals surface area contributed by atoms with Gasteiger partial charge in [0.2, 0.25) is 0 Å². The van der Waals surface area contributed by atoms with E-state index >= 15 is 0 Å². The molecule has 0 spiro atoms. The van der Waals surface area contributed by atoms with Crippen molar-refractivity contribution in [3.63, 3.8) is 0 Å². The molecule has 6 heteroatoms. The molecule has 156 valence electrons. The lowest BCUT2D eigenvalue weighted by Gasteiger charge is -2.36. The minimum absolute atomic E-state index is 0.0805. The second kappa shape index (κ2) is 6.59. The van der Waals surface area contributed by atoms with Gasteiger partial charge in [-0.15, -0.1) is 0 Å². The summed E-state index contributed by atoms with van der Waals surface area (Å²) in [5, 5.41) is 0.501. The predicted molar refractivity (Wildman–Crippen MR) is 108 cm³/mol. The van der Waals surface area contributed by atoms with Crippen molar-refractivity contribution < 1.29 is 23.4 Å². The van der Waals surface area contributed by atoms with E-state index in [1.165, 1.54) is 6.07 Å². The second-order valence-corrected chi connectivity index (χ2v) is 8.89. The molecule has 1 aliphatic heterocycles. The lowest BCUT2D eigenvalue weighted by Crippen LogP contribution is -2.44. The molecule has 0 amide bonds. The van der Waals surface area contributed by atoms with E-state index in [4.69, 9.17) is 18.6 Å². The fraction of sp³-hybridized carbons (Fsp3) is 0.565. The van der Waals surface area contributed by atoms with Crippen molar-refractivity contribution in [1.82, 2.24) is 0 Å². The quantitative estimate of drug-likeness (QED) is 0.682. The zero-order valence-electron chi connectivity index (χ0n) is 17.7. The van der Waals surface area contributed by atoms with E-state index in [9.17, 15) is 9.59 Å². The van der Waals surface area contributed by atoms with Crippen LogP contribution in [-0.4, -0.2) is 25.3 Å². The van der Waals surface area contributed by atoms with E-state index in [0.717, 1.165) is 12.8 Å². The fourth-order valence-electron chi connectivity index (χ4n) is 4.81. The van der Waals surface area contributed by atoms with Crippen LogP contribution in [0.2, 0.25) is 0 Å². The van der Waals surface area contributed by atoms with Gasteiger partial charge in [-0.05, 0) is 31.9 Å². The van der Waals surface area contributed by atoms with Gasteiger partial charge in [-0.2, -0.15) is 0 Å². The molecule has 1 saturated carbocycles. The molecule has 2 bridgehead atoms. The number of methoxy groups -OCH3 is 1. The number of carbonyl (C=O) groups is 1. The van der Waals surface area contributed by atoms with Crippen molar-refractivity contribution in [3.05, 3.63) is 39.7 Å². The van der Waals surface area contributed by atoms with E-state index in [0.29, 0.717) is 41.1 Å². The summed E-state index contributed by atoms with van der Waals surface area (Å²) in [5.74, 6) is 1.08. The average Bonchev–Trinajstić information content (AvgIpc) is 2.97. The van der Waals surface area contributed by atoms with Gasteiger partial charge < -0.3 is 18.6 Å². The lowest BCUT2D eigenvalue weighted by atomic mass is 9.66. The van der Waals surface area contributed by atoms with Crippen molar-refractivity contribution in [2.24, 2.45) is 10.8 Å². The molecule has 29 heavy (non-hydrogen) atoms. The van der Waals surface area contributed by atoms with Gasteiger partial charge in [-0.3, -0.25) is 9.59 Å². The number of hydrogen-bond acceptors (Lipinski definition) is 6. The Bertz CT molecular complexity index is 1040. The van der Waals surface area contributed by atoms with Crippen molar-refractivity contribution in [3.8, 4) is 5.75 Å². The molecule has 1 aliphatic carbocycles. The second-order valence-electron chi connectivity index (χ2n) is 8.89. The minimum Gasteiger partial charge on any atom is -0.496 e. The number of esters is 1. The van der Waals surface area contributed by atoms with Crippen LogP contribution in [0.15, 0.2) is 27.4 Å². The molecule has 1 aromatic carbocycles. The van der Waals surface area contributed by atoms with Gasteiger partial charge in [0, 0.05) is 17.9 Å². The van der Waals surface area contributed by atoms with Crippen molar-refractivity contribution >= 4 is 16.9 Å². The molecule has 0 unspecified atom stereocenters. The van der Waals surface area contributed by atoms with Crippen molar-refractivity contribution in [1.29, 1.82) is 0 Å². The van der Waals surface area contributed by atoms with E-state index in [1.54, 1.807) is 19.2 Å². The van der Waals surface area contributed by atoms with E-state index in [1.807, 2.05) is 13.8 Å². The summed E-state index contributed by atoms with van der Waals surface area (Å²) in [6, 6.07) is 5.00. The number of carbonyl (C=O) groups excluding carboxylic acids is 1. The highest BCUT2D eigenvalue weighted by Gasteiger charge is 2.72. The summed E-state index contributed by atoms with van der Waals surface area (Å²) in [7, 11) is 1.58. The Balaban J connectivity index is 1.65. The normalized spacial score (nSPS) is 27.4. The summed E-state index contributed by atoms with van der Waals surface area (Å²) >= 11 is 0. The molecule has 6 nitrogen and oxygen atoms in total. The topological polar surface area (TPSA) is 75.0 Å². The Morgan fingerprint density at radius 2 is 1.90 bits per heavy atom. The third-order valence-electron chi connectivity index (χ3n) is 7.44. The molecule has 2 aromatic rings. The molecule has 1 saturated heterocycles. The van der Waals surface area contributed by atoms with Crippen LogP contribution in [0.5, 0.6) is 5.75 Å². The van der Waals surface area contributed by atoms with Gasteiger partial charge in [-0.25, -0.2) is 0 Å². The zero-order valence-corrected chi connectivity index (χ0v) is 17.7. The highest BCUT2D eigenvalue weighted by molar-refractivity contribution is 5.83. The molecule has 2 fully saturated rings. The highest BCUT2D eigenvalue weighted by Crippen LogP contribution is 2.65. The van der Waals surface area contributed by atoms with Crippen LogP contribution < -0.4 is 10.2 Å². The fourth-order valence-corrected chi connectivity index (χ4v) is 4.81. The van der Waals surface area contributed by atoms with Gasteiger partial charge in [0.05, 0.1) is 36.7 Å². The van der Waals surface area contributed by atoms with Gasteiger partial charge in [0.25, 0.3) is 0 Å². The summed E-state index contributed by atoms with van der Waals surface area (Å²) in [6.07, 6.45) is 2.20. The number of hydrogen-bond donors (Lipinski definition) is 0. The SMILES string of the molecule is CCc1cc(=O)c2ccc(OC)c(COC[C@]34CC[C@](C)(C(=O)O3)C4(C)C)c2o1. The summed E-state index contributed by atoms with van der Waals surface area (Å²) in [6.45, 7) is 8.58. The minimum atomic E-state index is -0.633. The maximum absolute atomic E-state index is 12.5. The van der Waals surface area contributed by atoms with Crippen molar-refractivity contribution in [2.45, 2.75) is 59.2 Å². The van der Waals surface area contributed by atoms with Gasteiger partial charge in [0.15, 0.2) is 5.43 Å². The Hall–Kier alpha value is -2.34. The first-order chi connectivity index (χ1) is 13.7. The van der Waals surface area contributed by atoms with Crippen LogP contribution in [0.25, 0.3) is 11.0 Å². The van der Waals surface area contributed by atoms with Crippen LogP contribution in [0.4, 0.5) is 0 Å². The van der Waals surface area contributed by atoms with E-state index < -0.39 is 11.0 Å². The Labute approximate surface area is 170 Å². The maximum Gasteiger partial charge on any atom is 0.313 e. The lowest BCUT2D eigenvalue weighted by molar-refractivity contribution is -0.166. The number of benzene rings is 1. The van der Waals surface area contributed by atoms with Crippen LogP contribution in [0, 0.1) is 10.8 Å². The van der Waals surface area contributed by atoms with Crippen LogP contribution in [0.3, 0.4) is 0 Å². The third kappa shape index (κ3) is 2.65. The van der Waals surface area contributed by atoms with Crippen LogP contribution in [-0.2, 0) is 27.3 Å². The Morgan fingerprint density at radius 3 is 2.48 bits per heavy atom. The predicted octanol–water partition coefficient (Wildman–Crippen LogP) is 4.00. The maximum atomic E-state index is 12.5. The summed E-state index contributed by atoms with van der Waals surface area (Å²) in [4.78, 5) is 24.9. The molecular weight excluding hydrogens is 372 g/mol. The standard InChI is InChI=1S/C23H28O6/c1-6-14-11-17(24)15-7-8-18(26-5)16(19(15)28-14)12-27-13-23-10-9-22(4,20(25)29-23)21(23,2)3/h7-8,11H,6,9-10,12-13H2,1-5H3/t22-,23+/m1/s1. The smallest absolute Gasteiger partial charge is 0.313 e. The molecule has 0 radical (unpaired) electrons. The number of aryl methyl sites for hydroxylation is 1. The number of rotatable bonds is 6. The summed E-state index contributed by atoms with van der Waals surface area (Å²) < 4.78 is 23.4. The molecule has 2 heterocycles. The Kier molecular flexibility index (Phi) is 4.53. The Morgan fingerprint density at radius 1 is 1.14 bits per heavy atom. The van der Waals surface area contributed by atoms with Crippen LogP contribution in [0.1, 0.15) is 51.9 Å². The first-order valence-electron chi connectivity index (χ1n) is 10.1. The monoisotopic (exact) mass is 400 g/mol. The zero-order chi connectivity index (χ0) is 21.0. The van der Waals surface area contributed by atoms with E-state index in [-0.39, 0.29) is 23.4 Å². The molecule has 0 N–H and O–H groups in total. The van der Waals surface area contributed by atoms with Gasteiger partial charge >= 0.3 is 5.97 Å². The number of fused-ring (bicyclic) bond motifs is 3. The molecular formula is C23H28O6. The number of ether oxygens (including phenoxy) is 3.